The third kappa shape index (κ3) is 4.28. The minimum atomic E-state index is -0.368. The third-order valence-corrected chi connectivity index (χ3v) is 5.49. The maximum absolute atomic E-state index is 13.1. The van der Waals surface area contributed by atoms with Crippen LogP contribution in [-0.2, 0) is 17.8 Å². The molecule has 0 spiro atoms. The second-order valence-corrected chi connectivity index (χ2v) is 7.74. The molecule has 0 saturated carbocycles. The van der Waals surface area contributed by atoms with E-state index in [0.717, 1.165) is 5.56 Å². The van der Waals surface area contributed by atoms with Crippen molar-refractivity contribution in [3.8, 4) is 6.01 Å². The summed E-state index contributed by atoms with van der Waals surface area (Å²) in [7, 11) is 1.52. The topological polar surface area (TPSA) is 81.4 Å². The number of aliphatic hydroxyl groups is 1. The summed E-state index contributed by atoms with van der Waals surface area (Å²) in [4.78, 5) is 30.4. The van der Waals surface area contributed by atoms with E-state index >= 15 is 0 Å². The highest BCUT2D eigenvalue weighted by atomic mass is 35.5. The van der Waals surface area contributed by atoms with Gasteiger partial charge in [0, 0.05) is 36.3 Å². The smallest absolute Gasteiger partial charge is 0.297 e. The average molecular weight is 405 g/mol. The van der Waals surface area contributed by atoms with Gasteiger partial charge < -0.3 is 9.84 Å². The molecule has 150 valence electrons. The Hall–Kier alpha value is -2.18. The Morgan fingerprint density at radius 3 is 2.61 bits per heavy atom. The fourth-order valence-electron chi connectivity index (χ4n) is 3.80. The first-order valence-electron chi connectivity index (χ1n) is 9.50. The van der Waals surface area contributed by atoms with Crippen LogP contribution in [0.15, 0.2) is 24.3 Å². The number of hydrogen-bond donors (Lipinski definition) is 1. The van der Waals surface area contributed by atoms with Crippen LogP contribution in [0.4, 0.5) is 0 Å². The quantitative estimate of drug-likeness (QED) is 0.798. The van der Waals surface area contributed by atoms with Crippen molar-refractivity contribution in [1.82, 2.24) is 9.55 Å². The van der Waals surface area contributed by atoms with E-state index in [1.54, 1.807) is 16.7 Å². The number of hydrogen-bond acceptors (Lipinski definition) is 5. The Kier molecular flexibility index (Phi) is 6.52. The Balaban J connectivity index is 1.99. The Bertz CT molecular complexity index is 860. The van der Waals surface area contributed by atoms with Gasteiger partial charge >= 0.3 is 0 Å². The molecule has 3 rings (SSSR count). The number of benzene rings is 1. The van der Waals surface area contributed by atoms with Gasteiger partial charge in [0.2, 0.25) is 0 Å². The van der Waals surface area contributed by atoms with Gasteiger partial charge in [-0.3, -0.25) is 14.2 Å². The molecule has 0 saturated heterocycles. The zero-order chi connectivity index (χ0) is 20.3. The molecule has 28 heavy (non-hydrogen) atoms. The van der Waals surface area contributed by atoms with Crippen LogP contribution in [0, 0.1) is 11.8 Å². The maximum atomic E-state index is 13.1. The lowest BCUT2D eigenvalue weighted by Gasteiger charge is -2.22. The molecule has 0 amide bonds. The van der Waals surface area contributed by atoms with Gasteiger partial charge in [0.05, 0.1) is 19.3 Å². The molecule has 7 heteroatoms. The number of rotatable bonds is 6. The summed E-state index contributed by atoms with van der Waals surface area (Å²) in [5, 5.41) is 9.77. The van der Waals surface area contributed by atoms with E-state index < -0.39 is 0 Å². The first-order chi connectivity index (χ1) is 13.4. The number of methoxy groups -OCH3 is 1. The molecule has 1 aromatic carbocycles. The van der Waals surface area contributed by atoms with Crippen molar-refractivity contribution in [2.75, 3.05) is 13.7 Å². The molecule has 1 aromatic heterocycles. The number of Topliss-reactive ketones (excluding diaryl/α,β-unsaturated/α-hetero) is 2. The van der Waals surface area contributed by atoms with Gasteiger partial charge in [-0.15, -0.1) is 0 Å². The highest BCUT2D eigenvalue weighted by Gasteiger charge is 2.34. The SMILES string of the molecule is COc1nc2c(n1Cc1ccc(Cl)cc1)C(=O)CC(CCCO)C(=O)C(C)C2. The van der Waals surface area contributed by atoms with Gasteiger partial charge in [0.25, 0.3) is 6.01 Å². The number of ether oxygens (including phenoxy) is 1. The summed E-state index contributed by atoms with van der Waals surface area (Å²) in [6, 6.07) is 7.77. The number of imidazole rings is 1. The minimum Gasteiger partial charge on any atom is -0.468 e. The second kappa shape index (κ2) is 8.88. The molecule has 1 N–H and O–H groups in total. The normalized spacial score (nSPS) is 19.9. The molecular formula is C21H25ClN2O4. The van der Waals surface area contributed by atoms with Crippen molar-refractivity contribution in [3.05, 3.63) is 46.2 Å². The largest absolute Gasteiger partial charge is 0.468 e. The molecule has 0 fully saturated rings. The number of aliphatic hydroxyl groups excluding tert-OH is 1. The van der Waals surface area contributed by atoms with E-state index in [4.69, 9.17) is 21.4 Å². The Morgan fingerprint density at radius 1 is 1.25 bits per heavy atom. The van der Waals surface area contributed by atoms with Crippen LogP contribution in [0.25, 0.3) is 0 Å². The van der Waals surface area contributed by atoms with Crippen molar-refractivity contribution < 1.29 is 19.4 Å². The fourth-order valence-corrected chi connectivity index (χ4v) is 3.93. The van der Waals surface area contributed by atoms with Crippen LogP contribution in [-0.4, -0.2) is 39.9 Å². The maximum Gasteiger partial charge on any atom is 0.297 e. The third-order valence-electron chi connectivity index (χ3n) is 5.24. The monoisotopic (exact) mass is 404 g/mol. The lowest BCUT2D eigenvalue weighted by atomic mass is 9.81. The summed E-state index contributed by atoms with van der Waals surface area (Å²) < 4.78 is 7.22. The first-order valence-corrected chi connectivity index (χ1v) is 9.88. The molecule has 2 unspecified atom stereocenters. The molecule has 1 heterocycles. The zero-order valence-corrected chi connectivity index (χ0v) is 16.9. The number of aromatic nitrogens is 2. The van der Waals surface area contributed by atoms with Crippen LogP contribution in [0.1, 0.15) is 47.9 Å². The summed E-state index contributed by atoms with van der Waals surface area (Å²) in [5.74, 6) is -0.645. The number of nitrogens with zero attached hydrogens (tertiary/aromatic N) is 2. The van der Waals surface area contributed by atoms with E-state index in [1.165, 1.54) is 7.11 Å². The Labute approximate surface area is 169 Å². The first kappa shape index (κ1) is 20.6. The molecule has 1 aliphatic rings. The molecule has 0 radical (unpaired) electrons. The Morgan fingerprint density at radius 2 is 1.96 bits per heavy atom. The average Bonchev–Trinajstić information content (AvgIpc) is 3.02. The van der Waals surface area contributed by atoms with Gasteiger partial charge in [-0.05, 0) is 30.5 Å². The molecule has 2 atom stereocenters. The number of carbonyl (C=O) groups is 2. The summed E-state index contributed by atoms with van der Waals surface area (Å²) in [5.41, 5.74) is 2.09. The van der Waals surface area contributed by atoms with E-state index in [9.17, 15) is 9.59 Å². The molecular weight excluding hydrogens is 380 g/mol. The van der Waals surface area contributed by atoms with E-state index in [2.05, 4.69) is 4.98 Å². The van der Waals surface area contributed by atoms with Crippen LogP contribution in [0.5, 0.6) is 6.01 Å². The fraction of sp³-hybridized carbons (Fsp3) is 0.476. The molecule has 1 aliphatic carbocycles. The number of fused-ring (bicyclic) bond motifs is 1. The predicted octanol–water partition coefficient (Wildman–Crippen LogP) is 3.32. The van der Waals surface area contributed by atoms with Crippen LogP contribution in [0.3, 0.4) is 0 Å². The molecule has 6 nitrogen and oxygen atoms in total. The lowest BCUT2D eigenvalue weighted by Crippen LogP contribution is -2.30. The highest BCUT2D eigenvalue weighted by Crippen LogP contribution is 2.30. The van der Waals surface area contributed by atoms with Gasteiger partial charge in [-0.25, -0.2) is 0 Å². The molecule has 2 aromatic rings. The summed E-state index contributed by atoms with van der Waals surface area (Å²) >= 11 is 5.97. The molecule has 0 bridgehead atoms. The summed E-state index contributed by atoms with van der Waals surface area (Å²) in [6.45, 7) is 2.32. The van der Waals surface area contributed by atoms with Crippen molar-refractivity contribution in [2.45, 2.75) is 39.2 Å². The van der Waals surface area contributed by atoms with Crippen LogP contribution >= 0.6 is 11.6 Å². The van der Waals surface area contributed by atoms with Crippen molar-refractivity contribution in [2.24, 2.45) is 11.8 Å². The van der Waals surface area contributed by atoms with E-state index in [-0.39, 0.29) is 36.4 Å². The zero-order valence-electron chi connectivity index (χ0n) is 16.2. The van der Waals surface area contributed by atoms with Gasteiger partial charge in [0.1, 0.15) is 11.5 Å². The van der Waals surface area contributed by atoms with Crippen molar-refractivity contribution in [1.29, 1.82) is 0 Å². The predicted molar refractivity (Wildman–Crippen MR) is 106 cm³/mol. The van der Waals surface area contributed by atoms with Crippen LogP contribution < -0.4 is 4.74 Å². The van der Waals surface area contributed by atoms with Crippen molar-refractivity contribution >= 4 is 23.2 Å². The van der Waals surface area contributed by atoms with Gasteiger partial charge in [-0.1, -0.05) is 30.7 Å². The summed E-state index contributed by atoms with van der Waals surface area (Å²) in [6.07, 6.45) is 1.56. The number of ketones is 2. The minimum absolute atomic E-state index is 0.0138. The van der Waals surface area contributed by atoms with Gasteiger partial charge in [0.15, 0.2) is 5.78 Å². The highest BCUT2D eigenvalue weighted by molar-refractivity contribution is 6.30. The lowest BCUT2D eigenvalue weighted by molar-refractivity contribution is -0.126. The van der Waals surface area contributed by atoms with Gasteiger partial charge in [-0.2, -0.15) is 4.98 Å². The standard InChI is InChI=1S/C21H25ClN2O4/c1-13-10-17-19(18(26)11-15(20(13)27)4-3-9-25)24(21(23-17)28-2)12-14-5-7-16(22)8-6-14/h5-8,13,15,25H,3-4,9-12H2,1-2H3. The number of halogens is 1. The van der Waals surface area contributed by atoms with Crippen LogP contribution in [0.2, 0.25) is 5.02 Å². The van der Waals surface area contributed by atoms with E-state index in [1.807, 2.05) is 19.1 Å². The van der Waals surface area contributed by atoms with E-state index in [0.29, 0.717) is 48.2 Å². The molecule has 0 aliphatic heterocycles. The number of carbonyl (C=O) groups excluding carboxylic acids is 2. The van der Waals surface area contributed by atoms with Crippen molar-refractivity contribution in [3.63, 3.8) is 0 Å². The second-order valence-electron chi connectivity index (χ2n) is 7.30.